The molecule has 0 bridgehead atoms. The minimum atomic E-state index is -0.264. The largest absolute Gasteiger partial charge is 0.469 e. The van der Waals surface area contributed by atoms with Gasteiger partial charge in [0.2, 0.25) is 5.91 Å². The lowest BCUT2D eigenvalue weighted by Gasteiger charge is -2.24. The number of aryl methyl sites for hydroxylation is 1. The lowest BCUT2D eigenvalue weighted by molar-refractivity contribution is -0.151. The van der Waals surface area contributed by atoms with E-state index in [4.69, 9.17) is 4.74 Å². The van der Waals surface area contributed by atoms with Crippen molar-refractivity contribution >= 4 is 23.2 Å². The van der Waals surface area contributed by atoms with E-state index in [0.717, 1.165) is 19.3 Å². The maximum atomic E-state index is 12.5. The molecule has 1 saturated carbocycles. The Morgan fingerprint density at radius 1 is 1.40 bits per heavy atom. The van der Waals surface area contributed by atoms with Crippen molar-refractivity contribution in [2.45, 2.75) is 32.7 Å². The minimum Gasteiger partial charge on any atom is -0.469 e. The third-order valence-electron chi connectivity index (χ3n) is 4.06. The van der Waals surface area contributed by atoms with Crippen molar-refractivity contribution in [2.24, 2.45) is 11.8 Å². The van der Waals surface area contributed by atoms with Crippen LogP contribution in [0.25, 0.3) is 0 Å². The summed E-state index contributed by atoms with van der Waals surface area (Å²) in [6.07, 6.45) is 2.46. The minimum absolute atomic E-state index is 0.0608. The molecule has 0 radical (unpaired) electrons. The molecule has 0 N–H and O–H groups in total. The normalized spacial score (nSPS) is 21.8. The summed E-state index contributed by atoms with van der Waals surface area (Å²) in [5.74, 6) is -0.667. The molecule has 0 aromatic carbocycles. The van der Waals surface area contributed by atoms with E-state index in [1.807, 2.05) is 12.4 Å². The van der Waals surface area contributed by atoms with Crippen molar-refractivity contribution in [1.82, 2.24) is 4.90 Å². The lowest BCUT2D eigenvalue weighted by atomic mass is 9.95. The van der Waals surface area contributed by atoms with Gasteiger partial charge in [-0.2, -0.15) is 0 Å². The highest BCUT2D eigenvalue weighted by molar-refractivity contribution is 7.10. The zero-order chi connectivity index (χ0) is 14.7. The summed E-state index contributed by atoms with van der Waals surface area (Å²) in [6.45, 7) is 2.67. The van der Waals surface area contributed by atoms with Gasteiger partial charge in [0.05, 0.1) is 25.5 Å². The predicted molar refractivity (Wildman–Crippen MR) is 78.4 cm³/mol. The van der Waals surface area contributed by atoms with Crippen LogP contribution < -0.4 is 0 Å². The Morgan fingerprint density at radius 2 is 2.10 bits per heavy atom. The van der Waals surface area contributed by atoms with Gasteiger partial charge in [-0.3, -0.25) is 9.59 Å². The Hall–Kier alpha value is -1.36. The zero-order valence-corrected chi connectivity index (χ0v) is 13.0. The summed E-state index contributed by atoms with van der Waals surface area (Å²) in [5.41, 5.74) is 1.21. The molecule has 0 aliphatic heterocycles. The lowest BCUT2D eigenvalue weighted by Crippen LogP contribution is -2.36. The Kier molecular flexibility index (Phi) is 4.81. The summed E-state index contributed by atoms with van der Waals surface area (Å²) in [4.78, 5) is 27.2. The van der Waals surface area contributed by atoms with Gasteiger partial charge < -0.3 is 9.64 Å². The topological polar surface area (TPSA) is 46.6 Å². The van der Waals surface area contributed by atoms with E-state index in [1.54, 1.807) is 16.2 Å². The molecule has 1 aromatic rings. The number of hydrogen-bond donors (Lipinski definition) is 0. The van der Waals surface area contributed by atoms with Crippen molar-refractivity contribution in [3.8, 4) is 0 Å². The van der Waals surface area contributed by atoms with E-state index in [1.165, 1.54) is 17.6 Å². The molecule has 2 atom stereocenters. The molecule has 0 spiro atoms. The van der Waals surface area contributed by atoms with Gasteiger partial charge in [0.25, 0.3) is 0 Å². The molecule has 5 heteroatoms. The van der Waals surface area contributed by atoms with Crippen LogP contribution in [-0.2, 0) is 20.9 Å². The molecule has 1 aliphatic carbocycles. The molecule has 1 aromatic heterocycles. The van der Waals surface area contributed by atoms with Crippen LogP contribution in [0.2, 0.25) is 0 Å². The number of carbonyl (C=O) groups is 2. The van der Waals surface area contributed by atoms with Crippen LogP contribution in [0.3, 0.4) is 0 Å². The van der Waals surface area contributed by atoms with Crippen LogP contribution in [0.4, 0.5) is 0 Å². The fourth-order valence-corrected chi connectivity index (χ4v) is 3.79. The summed E-state index contributed by atoms with van der Waals surface area (Å²) < 4.78 is 4.81. The van der Waals surface area contributed by atoms with E-state index in [-0.39, 0.29) is 23.7 Å². The fourth-order valence-electron chi connectivity index (χ4n) is 2.83. The SMILES string of the molecule is COC(=O)[C@H]1CCC[C@H]1C(=O)N(C)Cc1sccc1C. The number of thiophene rings is 1. The third kappa shape index (κ3) is 3.03. The molecule has 0 unspecified atom stereocenters. The average molecular weight is 295 g/mol. The first-order valence-electron chi connectivity index (χ1n) is 6.90. The molecule has 0 saturated heterocycles. The number of hydrogen-bond acceptors (Lipinski definition) is 4. The summed E-state index contributed by atoms with van der Waals surface area (Å²) in [7, 11) is 3.20. The molecule has 110 valence electrons. The second-order valence-electron chi connectivity index (χ2n) is 5.39. The summed E-state index contributed by atoms with van der Waals surface area (Å²) >= 11 is 1.66. The van der Waals surface area contributed by atoms with Crippen molar-refractivity contribution in [1.29, 1.82) is 0 Å². The van der Waals surface area contributed by atoms with Crippen molar-refractivity contribution < 1.29 is 14.3 Å². The van der Waals surface area contributed by atoms with Crippen molar-refractivity contribution in [2.75, 3.05) is 14.2 Å². The van der Waals surface area contributed by atoms with E-state index in [0.29, 0.717) is 6.54 Å². The van der Waals surface area contributed by atoms with E-state index < -0.39 is 0 Å². The van der Waals surface area contributed by atoms with Crippen LogP contribution >= 0.6 is 11.3 Å². The second kappa shape index (κ2) is 6.39. The highest BCUT2D eigenvalue weighted by Gasteiger charge is 2.39. The standard InChI is InChI=1S/C15H21NO3S/c1-10-7-8-20-13(10)9-16(2)14(17)11-5-4-6-12(11)15(18)19-3/h7-8,11-12H,4-6,9H2,1-3H3/t11-,12+/m1/s1. The monoisotopic (exact) mass is 295 g/mol. The third-order valence-corrected chi connectivity index (χ3v) is 5.07. The van der Waals surface area contributed by atoms with Crippen molar-refractivity contribution in [3.63, 3.8) is 0 Å². The number of esters is 1. The molecule has 1 aliphatic rings. The second-order valence-corrected chi connectivity index (χ2v) is 6.39. The van der Waals surface area contributed by atoms with E-state index in [9.17, 15) is 9.59 Å². The first kappa shape index (κ1) is 15.0. The van der Waals surface area contributed by atoms with Gasteiger partial charge in [0, 0.05) is 11.9 Å². The highest BCUT2D eigenvalue weighted by atomic mass is 32.1. The number of carbonyl (C=O) groups excluding carboxylic acids is 2. The van der Waals surface area contributed by atoms with Crippen LogP contribution in [0.5, 0.6) is 0 Å². The Labute approximate surface area is 123 Å². The molecule has 1 heterocycles. The number of methoxy groups -OCH3 is 1. The molecule has 1 amide bonds. The van der Waals surface area contributed by atoms with Gasteiger partial charge in [-0.15, -0.1) is 11.3 Å². The molecule has 20 heavy (non-hydrogen) atoms. The zero-order valence-electron chi connectivity index (χ0n) is 12.2. The first-order chi connectivity index (χ1) is 9.54. The maximum absolute atomic E-state index is 12.5. The van der Waals surface area contributed by atoms with Crippen LogP contribution in [-0.4, -0.2) is 30.9 Å². The molecule has 4 nitrogen and oxygen atoms in total. The molecule has 2 rings (SSSR count). The molecular weight excluding hydrogens is 274 g/mol. The van der Waals surface area contributed by atoms with E-state index in [2.05, 4.69) is 13.0 Å². The summed E-state index contributed by atoms with van der Waals surface area (Å²) in [6, 6.07) is 2.06. The number of nitrogens with zero attached hydrogens (tertiary/aromatic N) is 1. The number of rotatable bonds is 4. The Morgan fingerprint density at radius 3 is 2.70 bits per heavy atom. The Balaban J connectivity index is 2.03. The van der Waals surface area contributed by atoms with E-state index >= 15 is 0 Å². The average Bonchev–Trinajstić information content (AvgIpc) is 3.06. The first-order valence-corrected chi connectivity index (χ1v) is 7.78. The van der Waals surface area contributed by atoms with Gasteiger partial charge >= 0.3 is 5.97 Å². The van der Waals surface area contributed by atoms with Crippen LogP contribution in [0.15, 0.2) is 11.4 Å². The number of amides is 1. The van der Waals surface area contributed by atoms with Crippen LogP contribution in [0.1, 0.15) is 29.7 Å². The predicted octanol–water partition coefficient (Wildman–Crippen LogP) is 2.60. The van der Waals surface area contributed by atoms with Gasteiger partial charge in [-0.1, -0.05) is 6.42 Å². The number of ether oxygens (including phenoxy) is 1. The van der Waals surface area contributed by atoms with Gasteiger partial charge in [-0.25, -0.2) is 0 Å². The van der Waals surface area contributed by atoms with Gasteiger partial charge in [0.1, 0.15) is 0 Å². The smallest absolute Gasteiger partial charge is 0.309 e. The van der Waals surface area contributed by atoms with Gasteiger partial charge in [-0.05, 0) is 36.8 Å². The quantitative estimate of drug-likeness (QED) is 0.802. The maximum Gasteiger partial charge on any atom is 0.309 e. The fraction of sp³-hybridized carbons (Fsp3) is 0.600. The van der Waals surface area contributed by atoms with Crippen LogP contribution in [0, 0.1) is 18.8 Å². The highest BCUT2D eigenvalue weighted by Crippen LogP contribution is 2.34. The summed E-state index contributed by atoms with van der Waals surface area (Å²) in [5, 5.41) is 2.04. The molecule has 1 fully saturated rings. The molecular formula is C15H21NO3S. The van der Waals surface area contributed by atoms with Crippen molar-refractivity contribution in [3.05, 3.63) is 21.9 Å². The van der Waals surface area contributed by atoms with Gasteiger partial charge in [0.15, 0.2) is 0 Å². The Bertz CT molecular complexity index is 497.